The molecule has 0 saturated carbocycles. The van der Waals surface area contributed by atoms with Crippen LogP contribution in [0.1, 0.15) is 12.0 Å². The number of ether oxygens (including phenoxy) is 2. The molecule has 138 valence electrons. The Hall–Kier alpha value is -2.06. The van der Waals surface area contributed by atoms with E-state index in [1.165, 1.54) is 5.56 Å². The Morgan fingerprint density at radius 3 is 2.73 bits per heavy atom. The second-order valence-corrected chi connectivity index (χ2v) is 7.43. The van der Waals surface area contributed by atoms with E-state index in [1.807, 2.05) is 23.2 Å². The van der Waals surface area contributed by atoms with Gasteiger partial charge in [0.15, 0.2) is 11.5 Å². The summed E-state index contributed by atoms with van der Waals surface area (Å²) in [6, 6.07) is 6.08. The van der Waals surface area contributed by atoms with Crippen LogP contribution in [0.4, 0.5) is 0 Å². The maximum absolute atomic E-state index is 12.4. The Bertz CT molecular complexity index is 786. The van der Waals surface area contributed by atoms with Gasteiger partial charge in [0, 0.05) is 51.9 Å². The molecule has 1 aromatic carbocycles. The molecule has 1 amide bonds. The summed E-state index contributed by atoms with van der Waals surface area (Å²) in [5.41, 5.74) is 1.21. The number of halogens is 1. The summed E-state index contributed by atoms with van der Waals surface area (Å²) in [6.07, 6.45) is 4.10. The van der Waals surface area contributed by atoms with Gasteiger partial charge in [-0.15, -0.1) is 0 Å². The minimum atomic E-state index is 0.194. The third-order valence-electron chi connectivity index (χ3n) is 4.72. The van der Waals surface area contributed by atoms with E-state index >= 15 is 0 Å². The van der Waals surface area contributed by atoms with Gasteiger partial charge in [-0.25, -0.2) is 0 Å². The van der Waals surface area contributed by atoms with Crippen LogP contribution in [0.3, 0.4) is 0 Å². The van der Waals surface area contributed by atoms with Crippen LogP contribution in [0.25, 0.3) is 0 Å². The van der Waals surface area contributed by atoms with Gasteiger partial charge in [0.05, 0.1) is 10.7 Å². The average Bonchev–Trinajstić information content (AvgIpc) is 3.28. The highest BCUT2D eigenvalue weighted by atomic mass is 79.9. The number of aryl methyl sites for hydroxylation is 1. The van der Waals surface area contributed by atoms with Crippen molar-refractivity contribution in [3.8, 4) is 11.5 Å². The van der Waals surface area contributed by atoms with Crippen LogP contribution in [0.2, 0.25) is 0 Å². The zero-order chi connectivity index (χ0) is 17.9. The molecule has 26 heavy (non-hydrogen) atoms. The first-order valence-electron chi connectivity index (χ1n) is 8.74. The Morgan fingerprint density at radius 2 is 1.96 bits per heavy atom. The van der Waals surface area contributed by atoms with Crippen LogP contribution >= 0.6 is 15.9 Å². The first kappa shape index (κ1) is 17.4. The summed E-state index contributed by atoms with van der Waals surface area (Å²) in [6.45, 7) is 5.08. The Labute approximate surface area is 160 Å². The summed E-state index contributed by atoms with van der Waals surface area (Å²) < 4.78 is 13.5. The number of aromatic nitrogens is 2. The summed E-state index contributed by atoms with van der Waals surface area (Å²) in [4.78, 5) is 16.7. The van der Waals surface area contributed by atoms with Gasteiger partial charge in [0.1, 0.15) is 0 Å². The largest absolute Gasteiger partial charge is 0.454 e. The number of hydrogen-bond donors (Lipinski definition) is 0. The lowest BCUT2D eigenvalue weighted by Gasteiger charge is -2.34. The maximum Gasteiger partial charge on any atom is 0.231 e. The van der Waals surface area contributed by atoms with Crippen molar-refractivity contribution >= 4 is 21.8 Å². The molecular weight excluding hydrogens is 400 g/mol. The molecule has 4 rings (SSSR count). The Morgan fingerprint density at radius 1 is 1.15 bits per heavy atom. The lowest BCUT2D eigenvalue weighted by Crippen LogP contribution is -2.48. The Balaban J connectivity index is 1.24. The van der Waals surface area contributed by atoms with E-state index < -0.39 is 0 Å². The molecule has 1 fully saturated rings. The zero-order valence-electron chi connectivity index (χ0n) is 14.4. The predicted molar refractivity (Wildman–Crippen MR) is 99.0 cm³/mol. The number of nitrogens with zero attached hydrogens (tertiary/aromatic N) is 4. The molecule has 2 aliphatic rings. The fourth-order valence-electron chi connectivity index (χ4n) is 3.28. The molecular formula is C18H21BrN4O3. The van der Waals surface area contributed by atoms with Crippen molar-refractivity contribution in [2.75, 3.05) is 33.0 Å². The quantitative estimate of drug-likeness (QED) is 0.741. The Kier molecular flexibility index (Phi) is 5.12. The number of carbonyl (C=O) groups is 1. The van der Waals surface area contributed by atoms with Crippen LogP contribution in [0, 0.1) is 0 Å². The van der Waals surface area contributed by atoms with Crippen LogP contribution in [-0.2, 0) is 17.9 Å². The van der Waals surface area contributed by atoms with Crippen molar-refractivity contribution in [3.63, 3.8) is 0 Å². The molecule has 0 aliphatic carbocycles. The molecule has 3 heterocycles. The molecule has 0 radical (unpaired) electrons. The molecule has 0 spiro atoms. The van der Waals surface area contributed by atoms with E-state index in [1.54, 1.807) is 10.9 Å². The van der Waals surface area contributed by atoms with Gasteiger partial charge in [0.25, 0.3) is 0 Å². The highest BCUT2D eigenvalue weighted by Crippen LogP contribution is 2.32. The minimum Gasteiger partial charge on any atom is -0.454 e. The van der Waals surface area contributed by atoms with Crippen molar-refractivity contribution in [3.05, 3.63) is 40.6 Å². The standard InChI is InChI=1S/C18H21BrN4O3/c19-15-10-20-23(12-15)4-3-18(24)22-7-5-21(6-8-22)11-14-1-2-16-17(9-14)26-13-25-16/h1-2,9-10,12H,3-8,11,13H2. The normalized spacial score (nSPS) is 16.9. The molecule has 1 aromatic heterocycles. The first-order valence-corrected chi connectivity index (χ1v) is 9.53. The lowest BCUT2D eigenvalue weighted by atomic mass is 10.1. The van der Waals surface area contributed by atoms with Crippen LogP contribution < -0.4 is 9.47 Å². The van der Waals surface area contributed by atoms with Gasteiger partial charge < -0.3 is 14.4 Å². The van der Waals surface area contributed by atoms with Crippen molar-refractivity contribution in [1.82, 2.24) is 19.6 Å². The molecule has 2 aliphatic heterocycles. The van der Waals surface area contributed by atoms with Crippen molar-refractivity contribution in [2.24, 2.45) is 0 Å². The average molecular weight is 421 g/mol. The fraction of sp³-hybridized carbons (Fsp3) is 0.444. The van der Waals surface area contributed by atoms with E-state index in [9.17, 15) is 4.79 Å². The minimum absolute atomic E-state index is 0.194. The fourth-order valence-corrected chi connectivity index (χ4v) is 3.61. The van der Waals surface area contributed by atoms with E-state index in [4.69, 9.17) is 9.47 Å². The van der Waals surface area contributed by atoms with E-state index in [0.29, 0.717) is 19.8 Å². The van der Waals surface area contributed by atoms with E-state index in [0.717, 1.165) is 48.7 Å². The van der Waals surface area contributed by atoms with Crippen molar-refractivity contribution in [2.45, 2.75) is 19.5 Å². The lowest BCUT2D eigenvalue weighted by molar-refractivity contribution is -0.133. The molecule has 1 saturated heterocycles. The summed E-state index contributed by atoms with van der Waals surface area (Å²) >= 11 is 3.37. The number of piperazine rings is 1. The number of amides is 1. The smallest absolute Gasteiger partial charge is 0.231 e. The molecule has 0 bridgehead atoms. The number of carbonyl (C=O) groups excluding carboxylic acids is 1. The van der Waals surface area contributed by atoms with Gasteiger partial charge in [-0.2, -0.15) is 5.10 Å². The first-order chi connectivity index (χ1) is 12.7. The number of benzene rings is 1. The summed E-state index contributed by atoms with van der Waals surface area (Å²) in [7, 11) is 0. The summed E-state index contributed by atoms with van der Waals surface area (Å²) in [5.74, 6) is 1.83. The molecule has 0 N–H and O–H groups in total. The van der Waals surface area contributed by atoms with E-state index in [2.05, 4.69) is 32.0 Å². The zero-order valence-corrected chi connectivity index (χ0v) is 16.0. The van der Waals surface area contributed by atoms with Crippen LogP contribution in [0.5, 0.6) is 11.5 Å². The number of rotatable bonds is 5. The monoisotopic (exact) mass is 420 g/mol. The third-order valence-corrected chi connectivity index (χ3v) is 5.13. The van der Waals surface area contributed by atoms with Crippen molar-refractivity contribution < 1.29 is 14.3 Å². The second kappa shape index (κ2) is 7.67. The number of fused-ring (bicyclic) bond motifs is 1. The van der Waals surface area contributed by atoms with Crippen molar-refractivity contribution in [1.29, 1.82) is 0 Å². The molecule has 2 aromatic rings. The molecule has 8 heteroatoms. The van der Waals surface area contributed by atoms with Gasteiger partial charge >= 0.3 is 0 Å². The SMILES string of the molecule is O=C(CCn1cc(Br)cn1)N1CCN(Cc2ccc3c(c2)OCO3)CC1. The molecule has 7 nitrogen and oxygen atoms in total. The topological polar surface area (TPSA) is 59.8 Å². The number of hydrogen-bond acceptors (Lipinski definition) is 5. The highest BCUT2D eigenvalue weighted by molar-refractivity contribution is 9.10. The predicted octanol–water partition coefficient (Wildman–Crippen LogP) is 2.11. The molecule has 0 atom stereocenters. The third kappa shape index (κ3) is 4.02. The van der Waals surface area contributed by atoms with Crippen LogP contribution in [0.15, 0.2) is 35.1 Å². The van der Waals surface area contributed by atoms with E-state index in [-0.39, 0.29) is 5.91 Å². The van der Waals surface area contributed by atoms with Gasteiger partial charge in [0.2, 0.25) is 12.7 Å². The summed E-state index contributed by atoms with van der Waals surface area (Å²) in [5, 5.41) is 4.19. The maximum atomic E-state index is 12.4. The van der Waals surface area contributed by atoms with Gasteiger partial charge in [-0.1, -0.05) is 6.07 Å². The van der Waals surface area contributed by atoms with Crippen LogP contribution in [-0.4, -0.2) is 58.5 Å². The molecule has 0 unspecified atom stereocenters. The second-order valence-electron chi connectivity index (χ2n) is 6.52. The van der Waals surface area contributed by atoms with Gasteiger partial charge in [-0.3, -0.25) is 14.4 Å². The highest BCUT2D eigenvalue weighted by Gasteiger charge is 2.22. The van der Waals surface area contributed by atoms with Gasteiger partial charge in [-0.05, 0) is 33.6 Å².